The monoisotopic (exact) mass is 290 g/mol. The van der Waals surface area contributed by atoms with Crippen molar-refractivity contribution in [3.05, 3.63) is 41.4 Å². The van der Waals surface area contributed by atoms with E-state index in [0.717, 1.165) is 5.69 Å². The van der Waals surface area contributed by atoms with Crippen molar-refractivity contribution < 1.29 is 19.1 Å². The Kier molecular flexibility index (Phi) is 4.17. The van der Waals surface area contributed by atoms with Gasteiger partial charge >= 0.3 is 12.0 Å². The van der Waals surface area contributed by atoms with Crippen molar-refractivity contribution in [2.75, 3.05) is 5.32 Å². The van der Waals surface area contributed by atoms with Crippen LogP contribution in [0.15, 0.2) is 22.7 Å². The van der Waals surface area contributed by atoms with Gasteiger partial charge in [0.15, 0.2) is 0 Å². The smallest absolute Gasteiger partial charge is 0.354 e. The number of aromatic nitrogens is 2. The van der Waals surface area contributed by atoms with Gasteiger partial charge in [0, 0.05) is 0 Å². The van der Waals surface area contributed by atoms with Crippen LogP contribution in [-0.2, 0) is 6.54 Å². The van der Waals surface area contributed by atoms with E-state index in [1.165, 1.54) is 18.3 Å². The summed E-state index contributed by atoms with van der Waals surface area (Å²) >= 11 is 0. The van der Waals surface area contributed by atoms with Gasteiger partial charge in [-0.25, -0.2) is 19.6 Å². The fourth-order valence-electron chi connectivity index (χ4n) is 1.54. The number of urea groups is 1. The third kappa shape index (κ3) is 3.78. The maximum Gasteiger partial charge on any atom is 0.354 e. The zero-order valence-electron chi connectivity index (χ0n) is 11.5. The molecule has 0 aromatic carbocycles. The van der Waals surface area contributed by atoms with Crippen LogP contribution in [0.4, 0.5) is 10.5 Å². The number of aromatic carboxylic acids is 1. The molecule has 2 heterocycles. The van der Waals surface area contributed by atoms with Gasteiger partial charge in [0.25, 0.3) is 0 Å². The van der Waals surface area contributed by atoms with Crippen molar-refractivity contribution in [3.63, 3.8) is 0 Å². The Balaban J connectivity index is 1.88. The van der Waals surface area contributed by atoms with E-state index in [4.69, 9.17) is 9.52 Å². The van der Waals surface area contributed by atoms with Gasteiger partial charge in [-0.15, -0.1) is 0 Å². The highest BCUT2D eigenvalue weighted by Crippen LogP contribution is 2.08. The summed E-state index contributed by atoms with van der Waals surface area (Å²) in [6, 6.07) is 2.29. The number of carboxylic acid groups (broad SMARTS) is 1. The van der Waals surface area contributed by atoms with E-state index in [0.29, 0.717) is 17.3 Å². The molecule has 0 aliphatic heterocycles. The summed E-state index contributed by atoms with van der Waals surface area (Å²) in [5.74, 6) is 0.000743. The van der Waals surface area contributed by atoms with Crippen LogP contribution in [0.25, 0.3) is 0 Å². The molecule has 0 saturated carbocycles. The second-order valence-corrected chi connectivity index (χ2v) is 4.29. The molecule has 0 aliphatic rings. The predicted molar refractivity (Wildman–Crippen MR) is 73.0 cm³/mol. The zero-order valence-corrected chi connectivity index (χ0v) is 11.5. The van der Waals surface area contributed by atoms with E-state index in [1.807, 2.05) is 6.92 Å². The summed E-state index contributed by atoms with van der Waals surface area (Å²) in [6.07, 6.45) is 1.27. The highest BCUT2D eigenvalue weighted by atomic mass is 16.4. The molecule has 0 aliphatic carbocycles. The molecule has 0 fully saturated rings. The third-order valence-corrected chi connectivity index (χ3v) is 2.71. The summed E-state index contributed by atoms with van der Waals surface area (Å²) in [7, 11) is 0. The molecular formula is C13H14N4O4. The first-order valence-corrected chi connectivity index (χ1v) is 6.13. The van der Waals surface area contributed by atoms with Gasteiger partial charge in [-0.3, -0.25) is 0 Å². The molecule has 110 valence electrons. The second-order valence-electron chi connectivity index (χ2n) is 4.29. The number of carbonyl (C=O) groups is 2. The largest absolute Gasteiger partial charge is 0.477 e. The second kappa shape index (κ2) is 6.04. The lowest BCUT2D eigenvalue weighted by Gasteiger charge is -2.05. The van der Waals surface area contributed by atoms with E-state index in [9.17, 15) is 9.59 Å². The average Bonchev–Trinajstić information content (AvgIpc) is 2.76. The summed E-state index contributed by atoms with van der Waals surface area (Å²) in [4.78, 5) is 30.1. The van der Waals surface area contributed by atoms with Crippen molar-refractivity contribution in [3.8, 4) is 0 Å². The van der Waals surface area contributed by atoms with E-state index < -0.39 is 12.0 Å². The van der Waals surface area contributed by atoms with Gasteiger partial charge in [-0.1, -0.05) is 0 Å². The molecule has 2 amide bonds. The first kappa shape index (κ1) is 14.5. The SMILES string of the molecule is Cc1nc(CNC(=O)Nc2ccc(C(=O)O)nc2)oc1C. The van der Waals surface area contributed by atoms with Gasteiger partial charge in [-0.2, -0.15) is 0 Å². The Morgan fingerprint density at radius 1 is 1.33 bits per heavy atom. The quantitative estimate of drug-likeness (QED) is 0.789. The van der Waals surface area contributed by atoms with Crippen LogP contribution in [0.5, 0.6) is 0 Å². The Bertz CT molecular complexity index is 644. The van der Waals surface area contributed by atoms with E-state index >= 15 is 0 Å². The Morgan fingerprint density at radius 2 is 2.10 bits per heavy atom. The molecule has 2 aromatic rings. The normalized spacial score (nSPS) is 10.2. The first-order chi connectivity index (χ1) is 9.95. The minimum Gasteiger partial charge on any atom is -0.477 e. The van der Waals surface area contributed by atoms with Crippen LogP contribution in [0.1, 0.15) is 27.8 Å². The number of amides is 2. The molecule has 3 N–H and O–H groups in total. The molecule has 0 spiro atoms. The molecule has 0 bridgehead atoms. The van der Waals surface area contributed by atoms with Crippen LogP contribution in [-0.4, -0.2) is 27.1 Å². The van der Waals surface area contributed by atoms with Gasteiger partial charge in [0.05, 0.1) is 24.1 Å². The van der Waals surface area contributed by atoms with Crippen LogP contribution < -0.4 is 10.6 Å². The number of hydrogen-bond acceptors (Lipinski definition) is 5. The number of anilines is 1. The Labute approximate surface area is 120 Å². The van der Waals surface area contributed by atoms with E-state index in [1.54, 1.807) is 6.92 Å². The number of carboxylic acids is 1. The number of nitrogens with zero attached hydrogens (tertiary/aromatic N) is 2. The highest BCUT2D eigenvalue weighted by molar-refractivity contribution is 5.90. The van der Waals surface area contributed by atoms with Gasteiger partial charge in [0.1, 0.15) is 11.5 Å². The fourth-order valence-corrected chi connectivity index (χ4v) is 1.54. The topological polar surface area (TPSA) is 117 Å². The zero-order chi connectivity index (χ0) is 15.4. The van der Waals surface area contributed by atoms with Crippen LogP contribution in [0, 0.1) is 13.8 Å². The molecule has 2 aromatic heterocycles. The Morgan fingerprint density at radius 3 is 2.62 bits per heavy atom. The summed E-state index contributed by atoms with van der Waals surface area (Å²) in [6.45, 7) is 3.76. The van der Waals surface area contributed by atoms with Crippen molar-refractivity contribution in [2.24, 2.45) is 0 Å². The molecule has 0 saturated heterocycles. The Hall–Kier alpha value is -2.90. The van der Waals surface area contributed by atoms with E-state index in [-0.39, 0.29) is 12.2 Å². The lowest BCUT2D eigenvalue weighted by molar-refractivity contribution is 0.0690. The maximum atomic E-state index is 11.7. The minimum atomic E-state index is -1.12. The molecule has 21 heavy (non-hydrogen) atoms. The number of oxazole rings is 1. The van der Waals surface area contributed by atoms with Gasteiger partial charge < -0.3 is 20.2 Å². The van der Waals surface area contributed by atoms with Crippen LogP contribution in [0.2, 0.25) is 0 Å². The molecular weight excluding hydrogens is 276 g/mol. The lowest BCUT2D eigenvalue weighted by Crippen LogP contribution is -2.28. The number of hydrogen-bond donors (Lipinski definition) is 3. The number of pyridine rings is 1. The number of aryl methyl sites for hydroxylation is 2. The predicted octanol–water partition coefficient (Wildman–Crippen LogP) is 1.71. The molecule has 0 atom stereocenters. The summed E-state index contributed by atoms with van der Waals surface area (Å²) < 4.78 is 5.33. The number of nitrogens with one attached hydrogen (secondary N) is 2. The average molecular weight is 290 g/mol. The van der Waals surface area contributed by atoms with Gasteiger partial charge in [0.2, 0.25) is 5.89 Å². The van der Waals surface area contributed by atoms with Crippen molar-refractivity contribution in [2.45, 2.75) is 20.4 Å². The third-order valence-electron chi connectivity index (χ3n) is 2.71. The maximum absolute atomic E-state index is 11.7. The first-order valence-electron chi connectivity index (χ1n) is 6.13. The molecule has 8 heteroatoms. The standard InChI is InChI=1S/C13H14N4O4/c1-7-8(2)21-11(16-7)6-15-13(20)17-9-3-4-10(12(18)19)14-5-9/h3-5H,6H2,1-2H3,(H,18,19)(H2,15,17,20). The lowest BCUT2D eigenvalue weighted by atomic mass is 10.3. The molecule has 0 radical (unpaired) electrons. The van der Waals surface area contributed by atoms with E-state index in [2.05, 4.69) is 20.6 Å². The van der Waals surface area contributed by atoms with Crippen LogP contribution >= 0.6 is 0 Å². The summed E-state index contributed by atoms with van der Waals surface area (Å²) in [5, 5.41) is 13.8. The number of rotatable bonds is 4. The minimum absolute atomic E-state index is 0.0910. The van der Waals surface area contributed by atoms with Crippen molar-refractivity contribution in [1.29, 1.82) is 0 Å². The fraction of sp³-hybridized carbons (Fsp3) is 0.231. The highest BCUT2D eigenvalue weighted by Gasteiger charge is 2.08. The molecule has 0 unspecified atom stereocenters. The molecule has 8 nitrogen and oxygen atoms in total. The summed E-state index contributed by atoms with van der Waals surface area (Å²) in [5.41, 5.74) is 1.07. The van der Waals surface area contributed by atoms with Crippen molar-refractivity contribution >= 4 is 17.7 Å². The van der Waals surface area contributed by atoms with Crippen molar-refractivity contribution in [1.82, 2.24) is 15.3 Å². The number of carbonyl (C=O) groups excluding carboxylic acids is 1. The van der Waals surface area contributed by atoms with Gasteiger partial charge in [-0.05, 0) is 26.0 Å². The molecule has 2 rings (SSSR count). The van der Waals surface area contributed by atoms with Crippen LogP contribution in [0.3, 0.4) is 0 Å².